The third-order valence-corrected chi connectivity index (χ3v) is 2.77. The third kappa shape index (κ3) is 3.77. The van der Waals surface area contributed by atoms with Gasteiger partial charge in [-0.15, -0.1) is 0 Å². The summed E-state index contributed by atoms with van der Waals surface area (Å²) in [5.41, 5.74) is 0.526. The van der Waals surface area contributed by atoms with E-state index in [4.69, 9.17) is 23.2 Å². The van der Waals surface area contributed by atoms with Gasteiger partial charge in [0.1, 0.15) is 11.8 Å². The van der Waals surface area contributed by atoms with Gasteiger partial charge in [-0.3, -0.25) is 4.79 Å². The molecule has 1 aromatic rings. The third-order valence-electron chi connectivity index (χ3n) is 2.26. The molecule has 0 fully saturated rings. The van der Waals surface area contributed by atoms with Gasteiger partial charge < -0.3 is 15.2 Å². The van der Waals surface area contributed by atoms with Gasteiger partial charge in [0.15, 0.2) is 0 Å². The zero-order valence-electron chi connectivity index (χ0n) is 9.46. The molecule has 4 nitrogen and oxygen atoms in total. The van der Waals surface area contributed by atoms with Crippen molar-refractivity contribution in [2.24, 2.45) is 0 Å². The SMILES string of the molecule is COC(=O)[C@H](C)NCc1cc(Cl)cc(Cl)c1O. The van der Waals surface area contributed by atoms with Gasteiger partial charge in [0.25, 0.3) is 0 Å². The van der Waals surface area contributed by atoms with Gasteiger partial charge in [0.05, 0.1) is 12.1 Å². The van der Waals surface area contributed by atoms with Gasteiger partial charge in [-0.25, -0.2) is 0 Å². The Hall–Kier alpha value is -0.970. The predicted molar refractivity (Wildman–Crippen MR) is 66.4 cm³/mol. The number of nitrogens with one attached hydrogen (secondary N) is 1. The molecule has 17 heavy (non-hydrogen) atoms. The van der Waals surface area contributed by atoms with Gasteiger partial charge in [0.2, 0.25) is 0 Å². The normalized spacial score (nSPS) is 12.2. The quantitative estimate of drug-likeness (QED) is 0.830. The fourth-order valence-electron chi connectivity index (χ4n) is 1.28. The van der Waals surface area contributed by atoms with Gasteiger partial charge >= 0.3 is 5.97 Å². The number of esters is 1. The second-order valence-corrected chi connectivity index (χ2v) is 4.36. The summed E-state index contributed by atoms with van der Waals surface area (Å²) >= 11 is 11.6. The zero-order chi connectivity index (χ0) is 13.0. The van der Waals surface area contributed by atoms with Crippen LogP contribution < -0.4 is 5.32 Å². The predicted octanol–water partition coefficient (Wildman–Crippen LogP) is 2.35. The van der Waals surface area contributed by atoms with E-state index in [1.54, 1.807) is 13.0 Å². The topological polar surface area (TPSA) is 58.6 Å². The molecule has 2 N–H and O–H groups in total. The Morgan fingerprint density at radius 1 is 1.53 bits per heavy atom. The van der Waals surface area contributed by atoms with Crippen molar-refractivity contribution in [3.05, 3.63) is 27.7 Å². The molecule has 1 rings (SSSR count). The maximum atomic E-state index is 11.2. The van der Waals surface area contributed by atoms with E-state index in [1.807, 2.05) is 0 Å². The van der Waals surface area contributed by atoms with E-state index in [1.165, 1.54) is 13.2 Å². The van der Waals surface area contributed by atoms with Crippen molar-refractivity contribution in [2.75, 3.05) is 7.11 Å². The fraction of sp³-hybridized carbons (Fsp3) is 0.364. The minimum atomic E-state index is -0.475. The molecule has 0 saturated carbocycles. The lowest BCUT2D eigenvalue weighted by atomic mass is 10.2. The van der Waals surface area contributed by atoms with Crippen molar-refractivity contribution in [1.82, 2.24) is 5.32 Å². The highest BCUT2D eigenvalue weighted by molar-refractivity contribution is 6.35. The Bertz CT molecular complexity index is 423. The Morgan fingerprint density at radius 3 is 2.76 bits per heavy atom. The number of benzene rings is 1. The molecule has 0 aromatic heterocycles. The van der Waals surface area contributed by atoms with Crippen LogP contribution >= 0.6 is 23.2 Å². The molecule has 0 radical (unpaired) electrons. The molecule has 0 spiro atoms. The molecule has 0 aliphatic carbocycles. The van der Waals surface area contributed by atoms with E-state index >= 15 is 0 Å². The van der Waals surface area contributed by atoms with Gasteiger partial charge in [-0.1, -0.05) is 23.2 Å². The number of carbonyl (C=O) groups is 1. The van der Waals surface area contributed by atoms with Crippen molar-refractivity contribution in [3.63, 3.8) is 0 Å². The van der Waals surface area contributed by atoms with Crippen LogP contribution in [0.2, 0.25) is 10.0 Å². The first-order chi connectivity index (χ1) is 7.95. The lowest BCUT2D eigenvalue weighted by Crippen LogP contribution is -2.34. The number of aromatic hydroxyl groups is 1. The average Bonchev–Trinajstić information content (AvgIpc) is 2.30. The fourth-order valence-corrected chi connectivity index (χ4v) is 1.81. The van der Waals surface area contributed by atoms with Crippen molar-refractivity contribution in [2.45, 2.75) is 19.5 Å². The Balaban J connectivity index is 2.73. The first kappa shape index (κ1) is 14.1. The molecule has 0 aliphatic heterocycles. The summed E-state index contributed by atoms with van der Waals surface area (Å²) in [6, 6.07) is 2.56. The summed E-state index contributed by atoms with van der Waals surface area (Å²) in [5.74, 6) is -0.418. The first-order valence-electron chi connectivity index (χ1n) is 4.93. The zero-order valence-corrected chi connectivity index (χ0v) is 11.0. The van der Waals surface area contributed by atoms with E-state index in [9.17, 15) is 9.90 Å². The highest BCUT2D eigenvalue weighted by Crippen LogP contribution is 2.30. The van der Waals surface area contributed by atoms with E-state index in [2.05, 4.69) is 10.1 Å². The molecule has 0 aliphatic rings. The number of halogens is 2. The van der Waals surface area contributed by atoms with Crippen molar-refractivity contribution < 1.29 is 14.6 Å². The van der Waals surface area contributed by atoms with Gasteiger partial charge in [-0.05, 0) is 19.1 Å². The van der Waals surface area contributed by atoms with Gasteiger partial charge in [-0.2, -0.15) is 0 Å². The largest absolute Gasteiger partial charge is 0.506 e. The molecule has 0 saturated heterocycles. The minimum Gasteiger partial charge on any atom is -0.506 e. The highest BCUT2D eigenvalue weighted by atomic mass is 35.5. The van der Waals surface area contributed by atoms with Crippen LogP contribution in [-0.2, 0) is 16.1 Å². The van der Waals surface area contributed by atoms with E-state index in [0.717, 1.165) is 0 Å². The van der Waals surface area contributed by atoms with E-state index in [-0.39, 0.29) is 23.3 Å². The standard InChI is InChI=1S/C11H13Cl2NO3/c1-6(11(16)17-2)14-5-7-3-8(12)4-9(13)10(7)15/h3-4,6,14-15H,5H2,1-2H3/t6-/m0/s1. The lowest BCUT2D eigenvalue weighted by molar-refractivity contribution is -0.142. The summed E-state index contributed by atoms with van der Waals surface area (Å²) in [5, 5.41) is 13.2. The Labute approximate surface area is 109 Å². The lowest BCUT2D eigenvalue weighted by Gasteiger charge is -2.13. The molecule has 6 heteroatoms. The minimum absolute atomic E-state index is 0.0411. The number of phenolic OH excluding ortho intramolecular Hbond substituents is 1. The van der Waals surface area contributed by atoms with Crippen LogP contribution in [0, 0.1) is 0 Å². The maximum Gasteiger partial charge on any atom is 0.322 e. The number of hydrogen-bond donors (Lipinski definition) is 2. The highest BCUT2D eigenvalue weighted by Gasteiger charge is 2.14. The first-order valence-corrected chi connectivity index (χ1v) is 5.69. The number of hydrogen-bond acceptors (Lipinski definition) is 4. The molecule has 0 bridgehead atoms. The summed E-state index contributed by atoms with van der Waals surface area (Å²) in [4.78, 5) is 11.2. The second kappa shape index (κ2) is 6.10. The molecule has 0 unspecified atom stereocenters. The number of ether oxygens (including phenoxy) is 1. The second-order valence-electron chi connectivity index (χ2n) is 3.52. The molecular formula is C11H13Cl2NO3. The van der Waals surface area contributed by atoms with Crippen LogP contribution in [0.25, 0.3) is 0 Å². The molecular weight excluding hydrogens is 265 g/mol. The van der Waals surface area contributed by atoms with Crippen LogP contribution in [0.3, 0.4) is 0 Å². The van der Waals surface area contributed by atoms with Crippen LogP contribution in [-0.4, -0.2) is 24.2 Å². The van der Waals surface area contributed by atoms with Crippen molar-refractivity contribution in [3.8, 4) is 5.75 Å². The Morgan fingerprint density at radius 2 is 2.18 bits per heavy atom. The summed E-state index contributed by atoms with van der Waals surface area (Å²) < 4.78 is 4.56. The Kier molecular flexibility index (Phi) is 5.05. The number of rotatable bonds is 4. The van der Waals surface area contributed by atoms with Gasteiger partial charge in [0, 0.05) is 17.1 Å². The van der Waals surface area contributed by atoms with Crippen LogP contribution in [0.5, 0.6) is 5.75 Å². The average molecular weight is 278 g/mol. The van der Waals surface area contributed by atoms with E-state index in [0.29, 0.717) is 10.6 Å². The molecule has 0 heterocycles. The number of carbonyl (C=O) groups excluding carboxylic acids is 1. The van der Waals surface area contributed by atoms with Crippen LogP contribution in [0.15, 0.2) is 12.1 Å². The summed E-state index contributed by atoms with van der Waals surface area (Å²) in [7, 11) is 1.31. The maximum absolute atomic E-state index is 11.2. The van der Waals surface area contributed by atoms with Crippen molar-refractivity contribution in [1.29, 1.82) is 0 Å². The van der Waals surface area contributed by atoms with Crippen LogP contribution in [0.1, 0.15) is 12.5 Å². The number of phenols is 1. The van der Waals surface area contributed by atoms with Crippen molar-refractivity contribution >= 4 is 29.2 Å². The summed E-state index contributed by atoms with van der Waals surface area (Å²) in [6.45, 7) is 1.93. The van der Waals surface area contributed by atoms with Crippen LogP contribution in [0.4, 0.5) is 0 Å². The molecule has 0 amide bonds. The smallest absolute Gasteiger partial charge is 0.322 e. The number of methoxy groups -OCH3 is 1. The molecule has 94 valence electrons. The molecule has 1 aromatic carbocycles. The molecule has 1 atom stereocenters. The monoisotopic (exact) mass is 277 g/mol. The summed E-state index contributed by atoms with van der Waals surface area (Å²) in [6.07, 6.45) is 0. The van der Waals surface area contributed by atoms with E-state index < -0.39 is 6.04 Å².